The van der Waals surface area contributed by atoms with E-state index in [1.807, 2.05) is 47.8 Å². The molecule has 4 amide bonds. The number of nitrogens with one attached hydrogen (secondary N) is 6. The number of aromatic nitrogens is 4. The van der Waals surface area contributed by atoms with Gasteiger partial charge in [0.2, 0.25) is 11.8 Å². The van der Waals surface area contributed by atoms with Crippen LogP contribution < -0.4 is 32.7 Å². The van der Waals surface area contributed by atoms with Crippen molar-refractivity contribution in [2.45, 2.75) is 19.3 Å². The molecule has 1 aliphatic rings. The second kappa shape index (κ2) is 14.0. The summed E-state index contributed by atoms with van der Waals surface area (Å²) in [6, 6.07) is 7.15. The van der Waals surface area contributed by atoms with E-state index in [2.05, 4.69) is 21.3 Å². The highest BCUT2D eigenvalue weighted by Crippen LogP contribution is 2.41. The van der Waals surface area contributed by atoms with Crippen LogP contribution >= 0.6 is 0 Å². The molecule has 0 saturated heterocycles. The molecular weight excluding hydrogens is 628 g/mol. The van der Waals surface area contributed by atoms with Crippen molar-refractivity contribution >= 4 is 46.7 Å². The van der Waals surface area contributed by atoms with Gasteiger partial charge in [0, 0.05) is 90.0 Å². The molecule has 49 heavy (non-hydrogen) atoms. The number of aryl methyl sites for hydroxylation is 4. The maximum Gasteiger partial charge on any atom is 0.267 e. The van der Waals surface area contributed by atoms with E-state index < -0.39 is 11.8 Å². The first-order chi connectivity index (χ1) is 23.2. The number of carbonyl (C=O) groups is 4. The summed E-state index contributed by atoms with van der Waals surface area (Å²) in [4.78, 5) is 51.4. The lowest BCUT2D eigenvalue weighted by atomic mass is 10.2. The van der Waals surface area contributed by atoms with Gasteiger partial charge in [-0.2, -0.15) is 0 Å². The van der Waals surface area contributed by atoms with E-state index in [4.69, 9.17) is 22.3 Å². The molecule has 10 N–H and O–H groups in total. The summed E-state index contributed by atoms with van der Waals surface area (Å²) in [6.45, 7) is 0.533. The molecule has 1 saturated carbocycles. The smallest absolute Gasteiger partial charge is 0.267 e. The number of nitrogens with zero attached hydrogens (tertiary/aromatic N) is 4. The van der Waals surface area contributed by atoms with Gasteiger partial charge in [0.05, 0.1) is 46.3 Å². The van der Waals surface area contributed by atoms with E-state index in [1.165, 1.54) is 0 Å². The number of amides is 4. The summed E-state index contributed by atoms with van der Waals surface area (Å²) in [5.74, 6) is -1.98. The Labute approximate surface area is 282 Å². The van der Waals surface area contributed by atoms with Gasteiger partial charge in [-0.25, -0.2) is 0 Å². The van der Waals surface area contributed by atoms with Gasteiger partial charge in [-0.15, -0.1) is 0 Å². The van der Waals surface area contributed by atoms with Crippen molar-refractivity contribution in [3.05, 3.63) is 60.4 Å². The maximum atomic E-state index is 13.1. The lowest BCUT2D eigenvalue weighted by molar-refractivity contribution is -0.122. The van der Waals surface area contributed by atoms with Crippen LogP contribution in [0.1, 0.15) is 40.2 Å². The summed E-state index contributed by atoms with van der Waals surface area (Å²) >= 11 is 0. The Hall–Kier alpha value is -6.06. The molecule has 4 aromatic heterocycles. The molecule has 16 heteroatoms. The van der Waals surface area contributed by atoms with Crippen molar-refractivity contribution < 1.29 is 19.2 Å². The second-order valence-corrected chi connectivity index (χ2v) is 12.4. The number of rotatable bonds is 14. The fourth-order valence-electron chi connectivity index (χ4n) is 5.75. The van der Waals surface area contributed by atoms with Crippen LogP contribution in [0.15, 0.2) is 49.1 Å². The molecule has 4 heterocycles. The molecular formula is C33H42N12O4. The zero-order valence-corrected chi connectivity index (χ0v) is 27.9. The summed E-state index contributed by atoms with van der Waals surface area (Å²) < 4.78 is 7.12. The van der Waals surface area contributed by atoms with Crippen LogP contribution in [0.3, 0.4) is 0 Å². The molecule has 4 aromatic rings. The standard InChI is InChI=1S/C33H42N12O4/c1-42-14-18(9-26(42)32(48)38-7-5-28(34)35)24-11-20(16-44(24)3)40-30(46)22-13-23(22)31(47)41-21-12-25(45(4)17-21)19-10-27(43(2)15-19)33(49)39-8-6-29(36)37/h9-12,14-17,22-23H,5-8,13H2,1-4H3,(H3,34,35)(H3,36,37)(H,38,48)(H,39,49)(H,40,46)(H,41,47)/t22-,23-/m0/s1. The molecule has 1 aliphatic carbocycles. The van der Waals surface area contributed by atoms with Crippen molar-refractivity contribution in [2.75, 3.05) is 23.7 Å². The summed E-state index contributed by atoms with van der Waals surface area (Å²) in [5.41, 5.74) is 15.9. The number of nitrogens with two attached hydrogens (primary N) is 2. The molecule has 0 radical (unpaired) electrons. The van der Waals surface area contributed by atoms with Crippen LogP contribution in [0.25, 0.3) is 22.5 Å². The Morgan fingerprint density at radius 3 is 1.41 bits per heavy atom. The van der Waals surface area contributed by atoms with Gasteiger partial charge < -0.3 is 51.0 Å². The van der Waals surface area contributed by atoms with Crippen LogP contribution in [0.5, 0.6) is 0 Å². The minimum absolute atomic E-state index is 0.00119. The molecule has 1 fully saturated rings. The van der Waals surface area contributed by atoms with Gasteiger partial charge in [-0.3, -0.25) is 30.0 Å². The second-order valence-electron chi connectivity index (χ2n) is 12.4. The monoisotopic (exact) mass is 670 g/mol. The third kappa shape index (κ3) is 7.91. The lowest BCUT2D eigenvalue weighted by Gasteiger charge is -2.04. The van der Waals surface area contributed by atoms with Crippen molar-refractivity contribution in [2.24, 2.45) is 51.5 Å². The maximum absolute atomic E-state index is 13.1. The van der Waals surface area contributed by atoms with E-state index in [9.17, 15) is 19.2 Å². The van der Waals surface area contributed by atoms with Gasteiger partial charge in [-0.05, 0) is 30.7 Å². The first kappa shape index (κ1) is 34.3. The molecule has 0 spiro atoms. The summed E-state index contributed by atoms with van der Waals surface area (Å²) in [6.07, 6.45) is 8.17. The van der Waals surface area contributed by atoms with Crippen molar-refractivity contribution in [3.8, 4) is 22.5 Å². The van der Waals surface area contributed by atoms with Crippen molar-refractivity contribution in [1.29, 1.82) is 10.8 Å². The van der Waals surface area contributed by atoms with Gasteiger partial charge in [-0.1, -0.05) is 0 Å². The number of hydrogen-bond donors (Lipinski definition) is 8. The predicted molar refractivity (Wildman–Crippen MR) is 186 cm³/mol. The fourth-order valence-corrected chi connectivity index (χ4v) is 5.75. The zero-order valence-electron chi connectivity index (χ0n) is 27.9. The molecule has 0 bridgehead atoms. The first-order valence-corrected chi connectivity index (χ1v) is 15.7. The summed E-state index contributed by atoms with van der Waals surface area (Å²) in [5, 5.41) is 26.0. The van der Waals surface area contributed by atoms with E-state index >= 15 is 0 Å². The highest BCUT2D eigenvalue weighted by Gasteiger charge is 2.48. The molecule has 0 unspecified atom stereocenters. The normalized spacial score (nSPS) is 15.0. The average Bonchev–Trinajstić information content (AvgIpc) is 3.19. The number of amidine groups is 2. The minimum atomic E-state index is -0.466. The zero-order chi connectivity index (χ0) is 35.6. The van der Waals surface area contributed by atoms with E-state index in [0.29, 0.717) is 29.2 Å². The molecule has 0 aromatic carbocycles. The quantitative estimate of drug-likeness (QED) is 0.0734. The van der Waals surface area contributed by atoms with Crippen LogP contribution in [-0.4, -0.2) is 66.7 Å². The van der Waals surface area contributed by atoms with E-state index in [-0.39, 0.29) is 61.2 Å². The third-order valence-corrected chi connectivity index (χ3v) is 8.44. The Morgan fingerprint density at radius 2 is 1.04 bits per heavy atom. The molecule has 5 rings (SSSR count). The first-order valence-electron chi connectivity index (χ1n) is 15.7. The summed E-state index contributed by atoms with van der Waals surface area (Å²) in [7, 11) is 7.22. The van der Waals surface area contributed by atoms with Gasteiger partial charge in [0.25, 0.3) is 11.8 Å². The molecule has 0 aliphatic heterocycles. The topological polar surface area (TPSA) is 236 Å². The van der Waals surface area contributed by atoms with Crippen LogP contribution in [0, 0.1) is 22.7 Å². The van der Waals surface area contributed by atoms with Gasteiger partial charge in [0.15, 0.2) is 0 Å². The SMILES string of the molecule is Cn1cc(-c2cc(NC(=O)[C@H]3C[C@@H]3C(=O)Nc3cc(-c4cc(C(=O)NCCC(=N)N)n(C)c4)n(C)c3)cn2C)cc1C(=O)NCCC(=N)N. The van der Waals surface area contributed by atoms with Crippen LogP contribution in [0.2, 0.25) is 0 Å². The van der Waals surface area contributed by atoms with E-state index in [1.54, 1.807) is 47.8 Å². The molecule has 2 atom stereocenters. The Morgan fingerprint density at radius 1 is 0.653 bits per heavy atom. The number of anilines is 2. The van der Waals surface area contributed by atoms with Crippen molar-refractivity contribution in [3.63, 3.8) is 0 Å². The third-order valence-electron chi connectivity index (χ3n) is 8.44. The highest BCUT2D eigenvalue weighted by atomic mass is 16.2. The minimum Gasteiger partial charge on any atom is -0.388 e. The Balaban J connectivity index is 1.16. The number of hydrogen-bond acceptors (Lipinski definition) is 6. The fraction of sp³-hybridized carbons (Fsp3) is 0.333. The van der Waals surface area contributed by atoms with Crippen LogP contribution in [-0.2, 0) is 37.8 Å². The van der Waals surface area contributed by atoms with E-state index in [0.717, 1.165) is 22.5 Å². The van der Waals surface area contributed by atoms with Gasteiger partial charge >= 0.3 is 0 Å². The Bertz CT molecular complexity index is 1820. The average molecular weight is 671 g/mol. The van der Waals surface area contributed by atoms with Crippen LogP contribution in [0.4, 0.5) is 11.4 Å². The predicted octanol–water partition coefficient (Wildman–Crippen LogP) is 1.70. The lowest BCUT2D eigenvalue weighted by Crippen LogP contribution is -2.28. The van der Waals surface area contributed by atoms with Gasteiger partial charge in [0.1, 0.15) is 11.4 Å². The number of carbonyl (C=O) groups excluding carboxylic acids is 4. The molecule has 16 nitrogen and oxygen atoms in total. The molecule has 258 valence electrons. The van der Waals surface area contributed by atoms with Crippen molar-refractivity contribution in [1.82, 2.24) is 28.9 Å². The highest BCUT2D eigenvalue weighted by molar-refractivity contribution is 6.04. The largest absolute Gasteiger partial charge is 0.388 e. The Kier molecular flexibility index (Phi) is 9.77.